The standard InChI is InChI=1S/C21H26Cl2N6/c22-17-5-3-6-18(23)16(17)12-29-14-28-20(19-21(29)27-13-26-19)25-9-2-1-4-15-7-10-24-11-8-15/h3,5-6,13-15,24-25H,1-2,4,7-12H2. The maximum absolute atomic E-state index is 6.32. The summed E-state index contributed by atoms with van der Waals surface area (Å²) in [6.45, 7) is 3.73. The monoisotopic (exact) mass is 432 g/mol. The zero-order valence-corrected chi connectivity index (χ0v) is 17.9. The summed E-state index contributed by atoms with van der Waals surface area (Å²) < 4.78 is 1.93. The second-order valence-electron chi connectivity index (χ2n) is 7.58. The van der Waals surface area contributed by atoms with Gasteiger partial charge in [0.2, 0.25) is 0 Å². The van der Waals surface area contributed by atoms with Crippen molar-refractivity contribution in [3.8, 4) is 11.5 Å². The highest BCUT2D eigenvalue weighted by atomic mass is 35.5. The quantitative estimate of drug-likeness (QED) is 0.504. The number of nitrogens with one attached hydrogen (secondary N) is 2. The van der Waals surface area contributed by atoms with Crippen LogP contribution >= 0.6 is 23.2 Å². The van der Waals surface area contributed by atoms with Gasteiger partial charge in [0, 0.05) is 22.2 Å². The number of aromatic nitrogens is 4. The molecule has 154 valence electrons. The number of nitrogens with zero attached hydrogens (tertiary/aromatic N) is 4. The van der Waals surface area contributed by atoms with Crippen LogP contribution in [-0.2, 0) is 6.54 Å². The highest BCUT2D eigenvalue weighted by Crippen LogP contribution is 2.29. The summed E-state index contributed by atoms with van der Waals surface area (Å²) in [4.78, 5) is 13.4. The van der Waals surface area contributed by atoms with E-state index in [-0.39, 0.29) is 0 Å². The van der Waals surface area contributed by atoms with E-state index in [0.29, 0.717) is 16.6 Å². The number of piperidine rings is 1. The minimum atomic E-state index is 0.497. The SMILES string of the molecule is Clc1cccc(Cl)c1Cn1cnc(NCCCCC2CCNCC2)c2ncnc1-2. The van der Waals surface area contributed by atoms with Gasteiger partial charge in [0.1, 0.15) is 6.33 Å². The van der Waals surface area contributed by atoms with Gasteiger partial charge in [-0.05, 0) is 50.4 Å². The molecule has 29 heavy (non-hydrogen) atoms. The number of fused-ring (bicyclic) bond motifs is 1. The minimum absolute atomic E-state index is 0.497. The lowest BCUT2D eigenvalue weighted by Gasteiger charge is -2.22. The second kappa shape index (κ2) is 9.74. The maximum atomic E-state index is 6.32. The van der Waals surface area contributed by atoms with Crippen LogP contribution < -0.4 is 10.6 Å². The van der Waals surface area contributed by atoms with Gasteiger partial charge in [-0.25, -0.2) is 15.0 Å². The summed E-state index contributed by atoms with van der Waals surface area (Å²) in [6.07, 6.45) is 9.65. The molecule has 1 fully saturated rings. The fraction of sp³-hybridized carbons (Fsp3) is 0.476. The molecule has 0 bridgehead atoms. The summed E-state index contributed by atoms with van der Waals surface area (Å²) >= 11 is 12.6. The molecule has 0 aromatic heterocycles. The summed E-state index contributed by atoms with van der Waals surface area (Å²) in [5.41, 5.74) is 1.62. The van der Waals surface area contributed by atoms with E-state index in [9.17, 15) is 0 Å². The molecule has 3 aliphatic rings. The Bertz CT molecular complexity index is 886. The predicted molar refractivity (Wildman–Crippen MR) is 118 cm³/mol. The summed E-state index contributed by atoms with van der Waals surface area (Å²) in [5.74, 6) is 2.43. The number of hydrogen-bond acceptors (Lipinski definition) is 5. The molecule has 2 N–H and O–H groups in total. The molecule has 0 amide bonds. The molecule has 1 aromatic rings. The van der Waals surface area contributed by atoms with E-state index in [2.05, 4.69) is 25.6 Å². The number of hydrogen-bond donors (Lipinski definition) is 2. The van der Waals surface area contributed by atoms with Crippen LogP contribution in [0.4, 0.5) is 5.82 Å². The molecule has 0 spiro atoms. The van der Waals surface area contributed by atoms with Crippen molar-refractivity contribution in [1.82, 2.24) is 24.8 Å². The van der Waals surface area contributed by atoms with Crippen molar-refractivity contribution < 1.29 is 0 Å². The maximum Gasteiger partial charge on any atom is 0.165 e. The molecule has 0 atom stereocenters. The van der Waals surface area contributed by atoms with Gasteiger partial charge in [-0.3, -0.25) is 0 Å². The van der Waals surface area contributed by atoms with Crippen molar-refractivity contribution in [3.05, 3.63) is 46.5 Å². The van der Waals surface area contributed by atoms with Gasteiger partial charge in [-0.2, -0.15) is 0 Å². The highest BCUT2D eigenvalue weighted by molar-refractivity contribution is 6.35. The molecule has 4 rings (SSSR count). The van der Waals surface area contributed by atoms with Crippen LogP contribution in [-0.4, -0.2) is 39.2 Å². The van der Waals surface area contributed by atoms with Gasteiger partial charge in [0.05, 0.1) is 12.9 Å². The first-order valence-corrected chi connectivity index (χ1v) is 11.0. The Morgan fingerprint density at radius 2 is 1.86 bits per heavy atom. The van der Waals surface area contributed by atoms with Gasteiger partial charge < -0.3 is 15.2 Å². The van der Waals surface area contributed by atoms with E-state index in [4.69, 9.17) is 23.2 Å². The number of imidazole rings is 1. The molecular weight excluding hydrogens is 407 g/mol. The fourth-order valence-corrected chi connectivity index (χ4v) is 4.43. The van der Waals surface area contributed by atoms with Crippen molar-refractivity contribution in [2.24, 2.45) is 5.92 Å². The molecular formula is C21H26Cl2N6. The summed E-state index contributed by atoms with van der Waals surface area (Å²) in [6, 6.07) is 5.52. The average Bonchev–Trinajstić information content (AvgIpc) is 3.23. The number of halogens is 2. The van der Waals surface area contributed by atoms with Gasteiger partial charge >= 0.3 is 0 Å². The predicted octanol–water partition coefficient (Wildman–Crippen LogP) is 4.71. The molecule has 6 nitrogen and oxygen atoms in total. The van der Waals surface area contributed by atoms with E-state index in [0.717, 1.165) is 41.8 Å². The zero-order valence-electron chi connectivity index (χ0n) is 16.4. The number of anilines is 1. The van der Waals surface area contributed by atoms with E-state index >= 15 is 0 Å². The second-order valence-corrected chi connectivity index (χ2v) is 8.40. The average molecular weight is 433 g/mol. The number of unbranched alkanes of at least 4 members (excludes halogenated alkanes) is 1. The Kier molecular flexibility index (Phi) is 6.85. The van der Waals surface area contributed by atoms with Crippen molar-refractivity contribution in [2.45, 2.75) is 38.6 Å². The molecule has 1 saturated heterocycles. The first-order chi connectivity index (χ1) is 14.2. The van der Waals surface area contributed by atoms with E-state index in [1.54, 1.807) is 12.7 Å². The molecule has 1 aromatic carbocycles. The first-order valence-electron chi connectivity index (χ1n) is 10.3. The third-order valence-electron chi connectivity index (χ3n) is 5.58. The molecule has 0 aliphatic carbocycles. The van der Waals surface area contributed by atoms with Crippen molar-refractivity contribution in [3.63, 3.8) is 0 Å². The number of rotatable bonds is 8. The number of benzene rings is 1. The molecule has 3 heterocycles. The van der Waals surface area contributed by atoms with Gasteiger partial charge in [0.25, 0.3) is 0 Å². The van der Waals surface area contributed by atoms with E-state index in [1.165, 1.54) is 38.8 Å². The van der Waals surface area contributed by atoms with Crippen molar-refractivity contribution in [1.29, 1.82) is 0 Å². The van der Waals surface area contributed by atoms with E-state index < -0.39 is 0 Å². The summed E-state index contributed by atoms with van der Waals surface area (Å²) in [7, 11) is 0. The first kappa shape index (κ1) is 20.4. The fourth-order valence-electron chi connectivity index (χ4n) is 3.91. The Morgan fingerprint density at radius 3 is 2.66 bits per heavy atom. The van der Waals surface area contributed by atoms with E-state index in [1.807, 2.05) is 22.8 Å². The van der Waals surface area contributed by atoms with Gasteiger partial charge in [-0.15, -0.1) is 0 Å². The largest absolute Gasteiger partial charge is 0.368 e. The molecule has 8 heteroatoms. The van der Waals surface area contributed by atoms with Crippen molar-refractivity contribution in [2.75, 3.05) is 25.0 Å². The third kappa shape index (κ3) is 5.00. The lowest BCUT2D eigenvalue weighted by Crippen LogP contribution is -2.27. The molecule has 0 unspecified atom stereocenters. The molecule has 0 radical (unpaired) electrons. The topological polar surface area (TPSA) is 67.7 Å². The highest BCUT2D eigenvalue weighted by Gasteiger charge is 2.18. The van der Waals surface area contributed by atoms with Crippen LogP contribution in [0.3, 0.4) is 0 Å². The van der Waals surface area contributed by atoms with Crippen LogP contribution in [0, 0.1) is 5.92 Å². The zero-order chi connectivity index (χ0) is 20.1. The van der Waals surface area contributed by atoms with Crippen LogP contribution in [0.5, 0.6) is 0 Å². The van der Waals surface area contributed by atoms with Gasteiger partial charge in [-0.1, -0.05) is 42.1 Å². The van der Waals surface area contributed by atoms with Crippen molar-refractivity contribution >= 4 is 29.0 Å². The van der Waals surface area contributed by atoms with Crippen LogP contribution in [0.2, 0.25) is 10.0 Å². The van der Waals surface area contributed by atoms with Gasteiger partial charge in [0.15, 0.2) is 17.3 Å². The smallest absolute Gasteiger partial charge is 0.165 e. The third-order valence-corrected chi connectivity index (χ3v) is 6.29. The normalized spacial score (nSPS) is 15.1. The summed E-state index contributed by atoms with van der Waals surface area (Å²) in [5, 5.41) is 8.13. The Hall–Kier alpha value is -1.89. The lowest BCUT2D eigenvalue weighted by molar-refractivity contribution is 0.345. The minimum Gasteiger partial charge on any atom is -0.368 e. The van der Waals surface area contributed by atoms with Crippen LogP contribution in [0.15, 0.2) is 30.9 Å². The Labute approximate surface area is 181 Å². The molecule has 3 aliphatic heterocycles. The Morgan fingerprint density at radius 1 is 1.07 bits per heavy atom. The lowest BCUT2D eigenvalue weighted by atomic mass is 9.92. The van der Waals surface area contributed by atoms with Crippen LogP contribution in [0.1, 0.15) is 37.7 Å². The molecule has 0 saturated carbocycles. The Balaban J connectivity index is 1.36. The van der Waals surface area contributed by atoms with Crippen LogP contribution in [0.25, 0.3) is 11.5 Å².